The van der Waals surface area contributed by atoms with E-state index in [-0.39, 0.29) is 12.5 Å². The van der Waals surface area contributed by atoms with Crippen molar-refractivity contribution in [1.29, 1.82) is 0 Å². The molecule has 1 aromatic carbocycles. The molecular formula is C13H18N2O3. The molecule has 5 nitrogen and oxygen atoms in total. The van der Waals surface area contributed by atoms with Crippen molar-refractivity contribution in [2.75, 3.05) is 39.5 Å². The first-order valence-corrected chi connectivity index (χ1v) is 6.37. The minimum Gasteiger partial charge on any atom is -0.504 e. The summed E-state index contributed by atoms with van der Waals surface area (Å²) in [5.74, 6) is 1.31. The quantitative estimate of drug-likeness (QED) is 0.821. The molecular weight excluding hydrogens is 232 g/mol. The van der Waals surface area contributed by atoms with E-state index in [9.17, 15) is 5.11 Å². The van der Waals surface area contributed by atoms with Crippen LogP contribution in [0.3, 0.4) is 0 Å². The average molecular weight is 250 g/mol. The van der Waals surface area contributed by atoms with Gasteiger partial charge in [0.25, 0.3) is 0 Å². The van der Waals surface area contributed by atoms with E-state index in [1.165, 1.54) is 0 Å². The third-order valence-corrected chi connectivity index (χ3v) is 3.44. The fraction of sp³-hybridized carbons (Fsp3) is 0.538. The van der Waals surface area contributed by atoms with Gasteiger partial charge in [0.05, 0.1) is 0 Å². The predicted molar refractivity (Wildman–Crippen MR) is 67.2 cm³/mol. The standard InChI is InChI=1S/C13H18N2O3/c16-11-7-10(8-12-13(11)18-9-17-12)1-4-15-5-2-14-3-6-15/h7-8,14,16H,1-6,9H2. The lowest BCUT2D eigenvalue weighted by atomic mass is 10.1. The maximum absolute atomic E-state index is 9.82. The molecule has 0 aromatic heterocycles. The van der Waals surface area contributed by atoms with Crippen LogP contribution in [0.4, 0.5) is 0 Å². The van der Waals surface area contributed by atoms with Gasteiger partial charge in [-0.05, 0) is 24.1 Å². The van der Waals surface area contributed by atoms with Crippen LogP contribution in [0.15, 0.2) is 12.1 Å². The van der Waals surface area contributed by atoms with Gasteiger partial charge in [0.1, 0.15) is 0 Å². The Morgan fingerprint density at radius 1 is 1.22 bits per heavy atom. The Hall–Kier alpha value is -1.46. The maximum Gasteiger partial charge on any atom is 0.231 e. The van der Waals surface area contributed by atoms with E-state index in [4.69, 9.17) is 9.47 Å². The smallest absolute Gasteiger partial charge is 0.231 e. The Labute approximate surface area is 106 Å². The molecule has 5 heteroatoms. The van der Waals surface area contributed by atoms with Crippen molar-refractivity contribution >= 4 is 0 Å². The number of ether oxygens (including phenoxy) is 2. The van der Waals surface area contributed by atoms with Crippen LogP contribution < -0.4 is 14.8 Å². The van der Waals surface area contributed by atoms with Crippen molar-refractivity contribution in [2.45, 2.75) is 6.42 Å². The van der Waals surface area contributed by atoms with Gasteiger partial charge in [-0.2, -0.15) is 0 Å². The molecule has 0 aliphatic carbocycles. The molecule has 1 aromatic rings. The number of fused-ring (bicyclic) bond motifs is 1. The second-order valence-corrected chi connectivity index (χ2v) is 4.69. The van der Waals surface area contributed by atoms with E-state index in [1.807, 2.05) is 6.07 Å². The Bertz CT molecular complexity index is 430. The van der Waals surface area contributed by atoms with E-state index in [0.717, 1.165) is 44.7 Å². The zero-order chi connectivity index (χ0) is 12.4. The van der Waals surface area contributed by atoms with Crippen molar-refractivity contribution < 1.29 is 14.6 Å². The molecule has 2 aliphatic rings. The zero-order valence-electron chi connectivity index (χ0n) is 10.3. The molecule has 0 unspecified atom stereocenters. The lowest BCUT2D eigenvalue weighted by molar-refractivity contribution is 0.171. The van der Waals surface area contributed by atoms with Crippen LogP contribution in [-0.4, -0.2) is 49.5 Å². The van der Waals surface area contributed by atoms with Gasteiger partial charge in [-0.3, -0.25) is 0 Å². The number of nitrogens with zero attached hydrogens (tertiary/aromatic N) is 1. The molecule has 2 N–H and O–H groups in total. The Kier molecular flexibility index (Phi) is 3.25. The maximum atomic E-state index is 9.82. The molecule has 18 heavy (non-hydrogen) atoms. The zero-order valence-corrected chi connectivity index (χ0v) is 10.3. The second-order valence-electron chi connectivity index (χ2n) is 4.69. The summed E-state index contributed by atoms with van der Waals surface area (Å²) < 4.78 is 10.5. The highest BCUT2D eigenvalue weighted by Crippen LogP contribution is 2.41. The molecule has 0 spiro atoms. The van der Waals surface area contributed by atoms with E-state index < -0.39 is 0 Å². The highest BCUT2D eigenvalue weighted by atomic mass is 16.7. The molecule has 1 fully saturated rings. The van der Waals surface area contributed by atoms with E-state index in [2.05, 4.69) is 10.2 Å². The van der Waals surface area contributed by atoms with Crippen molar-refractivity contribution in [1.82, 2.24) is 10.2 Å². The molecule has 3 rings (SSSR count). The Morgan fingerprint density at radius 3 is 2.89 bits per heavy atom. The first-order valence-electron chi connectivity index (χ1n) is 6.37. The molecule has 0 radical (unpaired) electrons. The van der Waals surface area contributed by atoms with Gasteiger partial charge in [-0.25, -0.2) is 0 Å². The van der Waals surface area contributed by atoms with Crippen LogP contribution in [0.2, 0.25) is 0 Å². The molecule has 2 aliphatic heterocycles. The monoisotopic (exact) mass is 250 g/mol. The number of phenolic OH excluding ortho intramolecular Hbond substituents is 1. The van der Waals surface area contributed by atoms with Gasteiger partial charge in [0.2, 0.25) is 12.5 Å². The lowest BCUT2D eigenvalue weighted by Crippen LogP contribution is -2.44. The van der Waals surface area contributed by atoms with Crippen LogP contribution in [-0.2, 0) is 6.42 Å². The Balaban J connectivity index is 1.64. The number of hydrogen-bond donors (Lipinski definition) is 2. The molecule has 0 saturated carbocycles. The van der Waals surface area contributed by atoms with Gasteiger partial charge in [0.15, 0.2) is 11.5 Å². The van der Waals surface area contributed by atoms with E-state index in [1.54, 1.807) is 6.07 Å². The third kappa shape index (κ3) is 2.37. The summed E-state index contributed by atoms with van der Waals surface area (Å²) in [7, 11) is 0. The summed E-state index contributed by atoms with van der Waals surface area (Å²) in [6.07, 6.45) is 0.921. The van der Waals surface area contributed by atoms with Crippen LogP contribution in [0, 0.1) is 0 Å². The number of benzene rings is 1. The fourth-order valence-electron chi connectivity index (χ4n) is 2.41. The van der Waals surface area contributed by atoms with Gasteiger partial charge in [-0.15, -0.1) is 0 Å². The summed E-state index contributed by atoms with van der Waals surface area (Å²) in [4.78, 5) is 2.43. The number of rotatable bonds is 3. The van der Waals surface area contributed by atoms with Crippen molar-refractivity contribution in [2.24, 2.45) is 0 Å². The fourth-order valence-corrected chi connectivity index (χ4v) is 2.41. The first kappa shape index (κ1) is 11.6. The molecule has 98 valence electrons. The number of aromatic hydroxyl groups is 1. The Morgan fingerprint density at radius 2 is 2.06 bits per heavy atom. The van der Waals surface area contributed by atoms with Crippen molar-refractivity contribution in [3.63, 3.8) is 0 Å². The molecule has 2 heterocycles. The molecule has 0 bridgehead atoms. The molecule has 1 saturated heterocycles. The van der Waals surface area contributed by atoms with E-state index in [0.29, 0.717) is 11.5 Å². The van der Waals surface area contributed by atoms with Gasteiger partial charge in [0, 0.05) is 32.7 Å². The van der Waals surface area contributed by atoms with Gasteiger partial charge < -0.3 is 24.8 Å². The number of phenols is 1. The molecule has 0 amide bonds. The van der Waals surface area contributed by atoms with Crippen LogP contribution >= 0.6 is 0 Å². The van der Waals surface area contributed by atoms with Crippen LogP contribution in [0.5, 0.6) is 17.2 Å². The summed E-state index contributed by atoms with van der Waals surface area (Å²) in [6, 6.07) is 3.74. The normalized spacial score (nSPS) is 19.1. The summed E-state index contributed by atoms with van der Waals surface area (Å²) >= 11 is 0. The average Bonchev–Trinajstić information content (AvgIpc) is 2.86. The highest BCUT2D eigenvalue weighted by Gasteiger charge is 2.19. The first-order chi connectivity index (χ1) is 8.83. The van der Waals surface area contributed by atoms with Gasteiger partial charge >= 0.3 is 0 Å². The summed E-state index contributed by atoms with van der Waals surface area (Å²) in [6.45, 7) is 5.52. The van der Waals surface area contributed by atoms with E-state index >= 15 is 0 Å². The van der Waals surface area contributed by atoms with Crippen LogP contribution in [0.1, 0.15) is 5.56 Å². The summed E-state index contributed by atoms with van der Waals surface area (Å²) in [5, 5.41) is 13.2. The number of hydrogen-bond acceptors (Lipinski definition) is 5. The topological polar surface area (TPSA) is 54.0 Å². The predicted octanol–water partition coefficient (Wildman–Crippen LogP) is 0.569. The second kappa shape index (κ2) is 5.04. The number of piperazine rings is 1. The van der Waals surface area contributed by atoms with Gasteiger partial charge in [-0.1, -0.05) is 0 Å². The largest absolute Gasteiger partial charge is 0.504 e. The highest BCUT2D eigenvalue weighted by molar-refractivity contribution is 5.54. The minimum atomic E-state index is 0.181. The van der Waals surface area contributed by atoms with Crippen molar-refractivity contribution in [3.8, 4) is 17.2 Å². The summed E-state index contributed by atoms with van der Waals surface area (Å²) in [5.41, 5.74) is 1.09. The SMILES string of the molecule is Oc1cc(CCN2CCNCC2)cc2c1OCO2. The lowest BCUT2D eigenvalue weighted by Gasteiger charge is -2.27. The minimum absolute atomic E-state index is 0.181. The van der Waals surface area contributed by atoms with Crippen LogP contribution in [0.25, 0.3) is 0 Å². The molecule has 0 atom stereocenters. The van der Waals surface area contributed by atoms with Crippen molar-refractivity contribution in [3.05, 3.63) is 17.7 Å². The third-order valence-electron chi connectivity index (χ3n) is 3.44. The number of nitrogens with one attached hydrogen (secondary N) is 1.